The molecule has 27 heavy (non-hydrogen) atoms. The molecule has 0 aliphatic carbocycles. The van der Waals surface area contributed by atoms with Gasteiger partial charge in [-0.1, -0.05) is 24.3 Å². The topological polar surface area (TPSA) is 57.2 Å². The minimum absolute atomic E-state index is 0.0202. The largest absolute Gasteiger partial charge is 0.466 e. The first kappa shape index (κ1) is 21.2. The third kappa shape index (κ3) is 6.86. The number of aliphatic imine (C=N–C) groups is 1. The molecule has 0 radical (unpaired) electrons. The average Bonchev–Trinajstić information content (AvgIpc) is 2.65. The van der Waals surface area contributed by atoms with Crippen LogP contribution in [-0.2, 0) is 22.6 Å². The molecule has 0 spiro atoms. The molecule has 0 unspecified atom stereocenters. The summed E-state index contributed by atoms with van der Waals surface area (Å²) in [4.78, 5) is 21.2. The number of esters is 1. The number of carbonyl (C=O) groups excluding carboxylic acids is 1. The summed E-state index contributed by atoms with van der Waals surface area (Å²) >= 11 is 0. The van der Waals surface area contributed by atoms with Crippen LogP contribution in [0.2, 0.25) is 0 Å². The molecule has 2 rings (SSSR count). The molecule has 1 saturated heterocycles. The Morgan fingerprint density at radius 3 is 2.59 bits per heavy atom. The van der Waals surface area contributed by atoms with Gasteiger partial charge in [0.25, 0.3) is 0 Å². The van der Waals surface area contributed by atoms with Gasteiger partial charge in [0.15, 0.2) is 5.96 Å². The van der Waals surface area contributed by atoms with Crippen LogP contribution in [-0.4, -0.2) is 62.1 Å². The summed E-state index contributed by atoms with van der Waals surface area (Å²) in [5, 5.41) is 3.39. The van der Waals surface area contributed by atoms with Gasteiger partial charge in [0.2, 0.25) is 0 Å². The highest BCUT2D eigenvalue weighted by molar-refractivity contribution is 5.80. The van der Waals surface area contributed by atoms with Crippen LogP contribution in [0, 0.1) is 5.92 Å². The standard InChI is InChI=1S/C21H34N4O2/c1-5-22-21(25-12-10-19(11-13-25)20(26)27-6-2)23-15-17-8-7-9-18(14-17)16-24(3)4/h7-9,14,19H,5-6,10-13,15-16H2,1-4H3,(H,22,23). The maximum absolute atomic E-state index is 11.9. The molecule has 150 valence electrons. The second kappa shape index (κ2) is 10.9. The molecule has 1 aliphatic rings. The minimum atomic E-state index is -0.0585. The number of ether oxygens (including phenoxy) is 1. The summed E-state index contributed by atoms with van der Waals surface area (Å²) in [5.74, 6) is 0.890. The molecule has 6 heteroatoms. The Kier molecular flexibility index (Phi) is 8.58. The van der Waals surface area contributed by atoms with Gasteiger partial charge in [-0.2, -0.15) is 0 Å². The van der Waals surface area contributed by atoms with Crippen LogP contribution in [0.15, 0.2) is 29.3 Å². The van der Waals surface area contributed by atoms with Crippen LogP contribution in [0.5, 0.6) is 0 Å². The molecule has 1 fully saturated rings. The van der Waals surface area contributed by atoms with Crippen LogP contribution >= 0.6 is 0 Å². The highest BCUT2D eigenvalue weighted by Crippen LogP contribution is 2.19. The zero-order valence-corrected chi connectivity index (χ0v) is 17.2. The van der Waals surface area contributed by atoms with Crippen molar-refractivity contribution in [2.45, 2.75) is 39.8 Å². The zero-order valence-electron chi connectivity index (χ0n) is 17.2. The molecule has 0 bridgehead atoms. The maximum Gasteiger partial charge on any atom is 0.309 e. The molecule has 1 aromatic rings. The highest BCUT2D eigenvalue weighted by Gasteiger charge is 2.27. The number of piperidine rings is 1. The summed E-state index contributed by atoms with van der Waals surface area (Å²) < 4.78 is 5.16. The van der Waals surface area contributed by atoms with Gasteiger partial charge >= 0.3 is 5.97 Å². The Hall–Kier alpha value is -2.08. The molecule has 6 nitrogen and oxygen atoms in total. The summed E-state index contributed by atoms with van der Waals surface area (Å²) in [7, 11) is 4.15. The molecular weight excluding hydrogens is 340 g/mol. The van der Waals surface area contributed by atoms with Crippen LogP contribution in [0.1, 0.15) is 37.8 Å². The first-order valence-corrected chi connectivity index (χ1v) is 9.95. The number of carbonyl (C=O) groups is 1. The van der Waals surface area contributed by atoms with Crippen molar-refractivity contribution in [3.05, 3.63) is 35.4 Å². The fourth-order valence-electron chi connectivity index (χ4n) is 3.37. The van der Waals surface area contributed by atoms with Gasteiger partial charge in [0.1, 0.15) is 0 Å². The Labute approximate surface area is 163 Å². The number of likely N-dealkylation sites (tertiary alicyclic amines) is 1. The maximum atomic E-state index is 11.9. The van der Waals surface area contributed by atoms with E-state index in [0.29, 0.717) is 13.2 Å². The van der Waals surface area contributed by atoms with Crippen molar-refractivity contribution in [2.24, 2.45) is 10.9 Å². The lowest BCUT2D eigenvalue weighted by atomic mass is 9.97. The molecule has 0 aromatic heterocycles. The molecule has 1 aromatic carbocycles. The van der Waals surface area contributed by atoms with Gasteiger partial charge in [0, 0.05) is 26.2 Å². The van der Waals surface area contributed by atoms with E-state index < -0.39 is 0 Å². The third-order valence-corrected chi connectivity index (χ3v) is 4.65. The third-order valence-electron chi connectivity index (χ3n) is 4.65. The van der Waals surface area contributed by atoms with Crippen molar-refractivity contribution in [3.8, 4) is 0 Å². The summed E-state index contributed by atoms with van der Waals surface area (Å²) in [6.45, 7) is 8.47. The fraction of sp³-hybridized carbons (Fsp3) is 0.619. The summed E-state index contributed by atoms with van der Waals surface area (Å²) in [6, 6.07) is 8.60. The van der Waals surface area contributed by atoms with Crippen molar-refractivity contribution in [1.82, 2.24) is 15.1 Å². The van der Waals surface area contributed by atoms with Crippen molar-refractivity contribution in [3.63, 3.8) is 0 Å². The van der Waals surface area contributed by atoms with Crippen LogP contribution in [0.4, 0.5) is 0 Å². The quantitative estimate of drug-likeness (QED) is 0.451. The Morgan fingerprint density at radius 1 is 1.26 bits per heavy atom. The van der Waals surface area contributed by atoms with E-state index in [9.17, 15) is 4.79 Å². The van der Waals surface area contributed by atoms with E-state index in [1.807, 2.05) is 6.92 Å². The summed E-state index contributed by atoms with van der Waals surface area (Å²) in [6.07, 6.45) is 1.64. The first-order valence-electron chi connectivity index (χ1n) is 9.95. The van der Waals surface area contributed by atoms with E-state index >= 15 is 0 Å². The summed E-state index contributed by atoms with van der Waals surface area (Å²) in [5.41, 5.74) is 2.51. The minimum Gasteiger partial charge on any atom is -0.466 e. The fourth-order valence-corrected chi connectivity index (χ4v) is 3.37. The van der Waals surface area contributed by atoms with Crippen LogP contribution in [0.25, 0.3) is 0 Å². The molecule has 1 N–H and O–H groups in total. The number of hydrogen-bond acceptors (Lipinski definition) is 4. The van der Waals surface area contributed by atoms with Crippen LogP contribution in [0.3, 0.4) is 0 Å². The predicted octanol–water partition coefficient (Wildman–Crippen LogP) is 2.49. The lowest BCUT2D eigenvalue weighted by Gasteiger charge is -2.33. The number of guanidine groups is 1. The van der Waals surface area contributed by atoms with Gasteiger partial charge in [0.05, 0.1) is 19.1 Å². The van der Waals surface area contributed by atoms with E-state index in [4.69, 9.17) is 9.73 Å². The zero-order chi connectivity index (χ0) is 19.6. The van der Waals surface area contributed by atoms with Gasteiger partial charge < -0.3 is 19.9 Å². The number of hydrogen-bond donors (Lipinski definition) is 1. The highest BCUT2D eigenvalue weighted by atomic mass is 16.5. The number of rotatable bonds is 7. The van der Waals surface area contributed by atoms with Crippen molar-refractivity contribution < 1.29 is 9.53 Å². The van der Waals surface area contributed by atoms with Gasteiger partial charge in [-0.05, 0) is 51.9 Å². The lowest BCUT2D eigenvalue weighted by Crippen LogP contribution is -2.46. The Balaban J connectivity index is 1.98. The average molecular weight is 375 g/mol. The SMILES string of the molecule is CCNC(=NCc1cccc(CN(C)C)c1)N1CCC(C(=O)OCC)CC1. The normalized spacial score (nSPS) is 15.9. The van der Waals surface area contributed by atoms with Gasteiger partial charge in [-0.15, -0.1) is 0 Å². The molecule has 1 heterocycles. The number of benzene rings is 1. The predicted molar refractivity (Wildman–Crippen MR) is 110 cm³/mol. The monoisotopic (exact) mass is 374 g/mol. The molecule has 0 amide bonds. The molecule has 0 atom stereocenters. The number of nitrogens with one attached hydrogen (secondary N) is 1. The second-order valence-electron chi connectivity index (χ2n) is 7.24. The van der Waals surface area contributed by atoms with Gasteiger partial charge in [-0.3, -0.25) is 4.79 Å². The first-order chi connectivity index (χ1) is 13.0. The van der Waals surface area contributed by atoms with E-state index in [1.165, 1.54) is 11.1 Å². The van der Waals surface area contributed by atoms with E-state index in [0.717, 1.165) is 45.0 Å². The Bertz CT molecular complexity index is 622. The van der Waals surface area contributed by atoms with E-state index in [1.54, 1.807) is 0 Å². The lowest BCUT2D eigenvalue weighted by molar-refractivity contribution is -0.149. The van der Waals surface area contributed by atoms with E-state index in [-0.39, 0.29) is 11.9 Å². The molecule has 0 saturated carbocycles. The van der Waals surface area contributed by atoms with Gasteiger partial charge in [-0.25, -0.2) is 4.99 Å². The van der Waals surface area contributed by atoms with Crippen LogP contribution < -0.4 is 5.32 Å². The van der Waals surface area contributed by atoms with E-state index in [2.05, 4.69) is 60.4 Å². The Morgan fingerprint density at radius 2 is 1.96 bits per heavy atom. The number of nitrogens with zero attached hydrogens (tertiary/aromatic N) is 3. The van der Waals surface area contributed by atoms with Crippen molar-refractivity contribution in [1.29, 1.82) is 0 Å². The molecular formula is C21H34N4O2. The van der Waals surface area contributed by atoms with Crippen molar-refractivity contribution in [2.75, 3.05) is 40.3 Å². The smallest absolute Gasteiger partial charge is 0.309 e. The second-order valence-corrected chi connectivity index (χ2v) is 7.24. The molecule has 1 aliphatic heterocycles. The van der Waals surface area contributed by atoms with Crippen molar-refractivity contribution >= 4 is 11.9 Å².